The Balaban J connectivity index is 2.73. The summed E-state index contributed by atoms with van der Waals surface area (Å²) in [5.41, 5.74) is 2.35. The number of rotatable bonds is 4. The van der Waals surface area contributed by atoms with E-state index >= 15 is 0 Å². The Morgan fingerprint density at radius 2 is 2.00 bits per heavy atom. The van der Waals surface area contributed by atoms with Gasteiger partial charge in [-0.3, -0.25) is 0 Å². The molecule has 0 bridgehead atoms. The van der Waals surface area contributed by atoms with Crippen molar-refractivity contribution in [3.63, 3.8) is 0 Å². The lowest BCUT2D eigenvalue weighted by Gasteiger charge is -2.14. The second kappa shape index (κ2) is 5.16. The van der Waals surface area contributed by atoms with E-state index in [9.17, 15) is 5.11 Å². The normalized spacial score (nSPS) is 13.2. The Hall–Kier alpha value is -0.820. The predicted molar refractivity (Wildman–Crippen MR) is 60.2 cm³/mol. The third-order valence-electron chi connectivity index (χ3n) is 2.44. The SMILES string of the molecule is CCc1cccc(C(O)CC(C)C)c1. The molecular weight excluding hydrogens is 172 g/mol. The van der Waals surface area contributed by atoms with Crippen LogP contribution in [0.5, 0.6) is 0 Å². The van der Waals surface area contributed by atoms with Crippen LogP contribution in [0.15, 0.2) is 24.3 Å². The number of benzene rings is 1. The molecule has 1 atom stereocenters. The van der Waals surface area contributed by atoms with E-state index in [0.29, 0.717) is 5.92 Å². The summed E-state index contributed by atoms with van der Waals surface area (Å²) in [5, 5.41) is 9.91. The van der Waals surface area contributed by atoms with E-state index in [-0.39, 0.29) is 6.10 Å². The van der Waals surface area contributed by atoms with Gasteiger partial charge >= 0.3 is 0 Å². The van der Waals surface area contributed by atoms with E-state index < -0.39 is 0 Å². The maximum Gasteiger partial charge on any atom is 0.0792 e. The Labute approximate surface area is 86.8 Å². The number of aryl methyl sites for hydroxylation is 1. The lowest BCUT2D eigenvalue weighted by atomic mass is 9.98. The number of hydrogen-bond donors (Lipinski definition) is 1. The molecule has 0 aliphatic heterocycles. The minimum absolute atomic E-state index is 0.304. The molecule has 0 aliphatic rings. The third-order valence-corrected chi connectivity index (χ3v) is 2.44. The van der Waals surface area contributed by atoms with Crippen molar-refractivity contribution in [2.75, 3.05) is 0 Å². The molecule has 1 N–H and O–H groups in total. The van der Waals surface area contributed by atoms with Crippen LogP contribution < -0.4 is 0 Å². The van der Waals surface area contributed by atoms with Gasteiger partial charge in [-0.1, -0.05) is 45.0 Å². The lowest BCUT2D eigenvalue weighted by Crippen LogP contribution is -2.02. The van der Waals surface area contributed by atoms with Crippen molar-refractivity contribution in [3.05, 3.63) is 35.4 Å². The monoisotopic (exact) mass is 192 g/mol. The Kier molecular flexibility index (Phi) is 4.15. The summed E-state index contributed by atoms with van der Waals surface area (Å²) in [4.78, 5) is 0. The van der Waals surface area contributed by atoms with E-state index in [1.807, 2.05) is 12.1 Å². The van der Waals surface area contributed by atoms with Gasteiger partial charge in [0.2, 0.25) is 0 Å². The molecule has 1 unspecified atom stereocenters. The zero-order valence-electron chi connectivity index (χ0n) is 9.33. The minimum Gasteiger partial charge on any atom is -0.388 e. The summed E-state index contributed by atoms with van der Waals surface area (Å²) in [5.74, 6) is 0.537. The molecule has 0 heterocycles. The fourth-order valence-electron chi connectivity index (χ4n) is 1.60. The topological polar surface area (TPSA) is 20.2 Å². The van der Waals surface area contributed by atoms with Gasteiger partial charge < -0.3 is 5.11 Å². The minimum atomic E-state index is -0.304. The van der Waals surface area contributed by atoms with Gasteiger partial charge in [0.25, 0.3) is 0 Å². The van der Waals surface area contributed by atoms with Crippen molar-refractivity contribution in [1.29, 1.82) is 0 Å². The Bertz CT molecular complexity index is 278. The Morgan fingerprint density at radius 1 is 1.29 bits per heavy atom. The first-order valence-electron chi connectivity index (χ1n) is 5.40. The molecule has 0 spiro atoms. The van der Waals surface area contributed by atoms with Crippen LogP contribution in [0, 0.1) is 5.92 Å². The molecule has 1 heteroatoms. The van der Waals surface area contributed by atoms with Crippen LogP contribution in [0.4, 0.5) is 0 Å². The standard InChI is InChI=1S/C13H20O/c1-4-11-6-5-7-12(9-11)13(14)8-10(2)3/h5-7,9-10,13-14H,4,8H2,1-3H3. The molecule has 0 fully saturated rings. The maximum atomic E-state index is 9.91. The molecule has 1 aromatic rings. The predicted octanol–water partition coefficient (Wildman–Crippen LogP) is 3.33. The van der Waals surface area contributed by atoms with E-state index in [1.54, 1.807) is 0 Å². The van der Waals surface area contributed by atoms with Gasteiger partial charge in [0, 0.05) is 0 Å². The highest BCUT2D eigenvalue weighted by molar-refractivity contribution is 5.25. The van der Waals surface area contributed by atoms with E-state index in [1.165, 1.54) is 5.56 Å². The average Bonchev–Trinajstić information content (AvgIpc) is 2.17. The first-order valence-corrected chi connectivity index (χ1v) is 5.40. The maximum absolute atomic E-state index is 9.91. The van der Waals surface area contributed by atoms with Gasteiger partial charge in [-0.2, -0.15) is 0 Å². The van der Waals surface area contributed by atoms with Crippen LogP contribution in [0.2, 0.25) is 0 Å². The highest BCUT2D eigenvalue weighted by Crippen LogP contribution is 2.21. The third kappa shape index (κ3) is 3.15. The highest BCUT2D eigenvalue weighted by atomic mass is 16.3. The molecule has 0 radical (unpaired) electrons. The number of aliphatic hydroxyl groups excluding tert-OH is 1. The fraction of sp³-hybridized carbons (Fsp3) is 0.538. The summed E-state index contributed by atoms with van der Waals surface area (Å²) >= 11 is 0. The van der Waals surface area contributed by atoms with Crippen LogP contribution in [-0.2, 0) is 6.42 Å². The van der Waals surface area contributed by atoms with Crippen LogP contribution in [0.3, 0.4) is 0 Å². The van der Waals surface area contributed by atoms with Gasteiger partial charge in [0.1, 0.15) is 0 Å². The highest BCUT2D eigenvalue weighted by Gasteiger charge is 2.09. The smallest absolute Gasteiger partial charge is 0.0792 e. The zero-order valence-corrected chi connectivity index (χ0v) is 9.33. The lowest BCUT2D eigenvalue weighted by molar-refractivity contribution is 0.151. The van der Waals surface area contributed by atoms with E-state index in [2.05, 4.69) is 32.9 Å². The average molecular weight is 192 g/mol. The van der Waals surface area contributed by atoms with Crippen molar-refractivity contribution < 1.29 is 5.11 Å². The first kappa shape index (κ1) is 11.3. The van der Waals surface area contributed by atoms with Crippen molar-refractivity contribution in [2.24, 2.45) is 5.92 Å². The van der Waals surface area contributed by atoms with Crippen LogP contribution in [-0.4, -0.2) is 5.11 Å². The quantitative estimate of drug-likeness (QED) is 0.775. The molecule has 1 aromatic carbocycles. The molecule has 0 amide bonds. The molecule has 0 saturated carbocycles. The van der Waals surface area contributed by atoms with Crippen LogP contribution in [0.1, 0.15) is 44.4 Å². The van der Waals surface area contributed by atoms with Gasteiger partial charge in [0.15, 0.2) is 0 Å². The summed E-state index contributed by atoms with van der Waals surface area (Å²) in [6, 6.07) is 8.24. The summed E-state index contributed by atoms with van der Waals surface area (Å²) in [6.07, 6.45) is 1.57. The number of aliphatic hydroxyl groups is 1. The summed E-state index contributed by atoms with van der Waals surface area (Å²) < 4.78 is 0. The zero-order chi connectivity index (χ0) is 10.6. The van der Waals surface area contributed by atoms with Gasteiger partial charge in [-0.25, -0.2) is 0 Å². The van der Waals surface area contributed by atoms with Crippen molar-refractivity contribution in [2.45, 2.75) is 39.7 Å². The fourth-order valence-corrected chi connectivity index (χ4v) is 1.60. The molecule has 0 saturated heterocycles. The second-order valence-electron chi connectivity index (χ2n) is 4.24. The Morgan fingerprint density at radius 3 is 2.57 bits per heavy atom. The molecule has 78 valence electrons. The van der Waals surface area contributed by atoms with Crippen molar-refractivity contribution in [3.8, 4) is 0 Å². The summed E-state index contributed by atoms with van der Waals surface area (Å²) in [7, 11) is 0. The van der Waals surface area contributed by atoms with Crippen LogP contribution >= 0.6 is 0 Å². The van der Waals surface area contributed by atoms with Crippen molar-refractivity contribution in [1.82, 2.24) is 0 Å². The molecule has 1 nitrogen and oxygen atoms in total. The summed E-state index contributed by atoms with van der Waals surface area (Å²) in [6.45, 7) is 6.40. The molecule has 1 rings (SSSR count). The van der Waals surface area contributed by atoms with E-state index in [0.717, 1.165) is 18.4 Å². The molecule has 0 aromatic heterocycles. The molecule has 0 aliphatic carbocycles. The van der Waals surface area contributed by atoms with Crippen molar-refractivity contribution >= 4 is 0 Å². The van der Waals surface area contributed by atoms with Crippen LogP contribution in [0.25, 0.3) is 0 Å². The molecular formula is C13H20O. The largest absolute Gasteiger partial charge is 0.388 e. The van der Waals surface area contributed by atoms with Gasteiger partial charge in [-0.15, -0.1) is 0 Å². The number of hydrogen-bond acceptors (Lipinski definition) is 1. The van der Waals surface area contributed by atoms with E-state index in [4.69, 9.17) is 0 Å². The molecule has 14 heavy (non-hydrogen) atoms. The van der Waals surface area contributed by atoms with Gasteiger partial charge in [0.05, 0.1) is 6.10 Å². The first-order chi connectivity index (χ1) is 6.63. The second-order valence-corrected chi connectivity index (χ2v) is 4.24. The van der Waals surface area contributed by atoms with Gasteiger partial charge in [-0.05, 0) is 29.9 Å².